The van der Waals surface area contributed by atoms with Crippen molar-refractivity contribution in [3.63, 3.8) is 0 Å². The lowest BCUT2D eigenvalue weighted by Gasteiger charge is -2.06. The van der Waals surface area contributed by atoms with Crippen LogP contribution in [-0.2, 0) is 16.6 Å². The quantitative estimate of drug-likeness (QED) is 0.552. The molecule has 1 aromatic heterocycles. The summed E-state index contributed by atoms with van der Waals surface area (Å²) in [4.78, 5) is 4.20. The second kappa shape index (κ2) is 7.02. The maximum atomic E-state index is 12.6. The fourth-order valence-electron chi connectivity index (χ4n) is 2.75. The van der Waals surface area contributed by atoms with Gasteiger partial charge in [0.05, 0.1) is 11.4 Å². The molecule has 4 aromatic rings. The van der Waals surface area contributed by atoms with Crippen molar-refractivity contribution in [2.24, 2.45) is 0 Å². The van der Waals surface area contributed by atoms with Crippen molar-refractivity contribution in [2.45, 2.75) is 11.4 Å². The second-order valence-electron chi connectivity index (χ2n) is 6.01. The Hall–Kier alpha value is -2.90. The lowest BCUT2D eigenvalue weighted by atomic mass is 10.1. The number of nitrogens with zero attached hydrogens (tertiary/aromatic N) is 3. The van der Waals surface area contributed by atoms with E-state index in [-0.39, 0.29) is 10.8 Å². The van der Waals surface area contributed by atoms with Crippen molar-refractivity contribution in [2.75, 3.05) is 4.72 Å². The standard InChI is InChI=1S/C19H15ClN4O2S/c20-17-7-3-4-14(10-17)12-24-13-21-19(22-24)23-27(25,26)18-9-8-15-5-1-2-6-16(15)11-18/h1-11,13H,12H2,(H,22,23). The fourth-order valence-corrected chi connectivity index (χ4v) is 3.95. The number of benzene rings is 3. The van der Waals surface area contributed by atoms with Crippen molar-refractivity contribution in [3.05, 3.63) is 83.6 Å². The maximum Gasteiger partial charge on any atom is 0.264 e. The first-order valence-electron chi connectivity index (χ1n) is 8.15. The van der Waals surface area contributed by atoms with Gasteiger partial charge in [0.2, 0.25) is 0 Å². The van der Waals surface area contributed by atoms with Crippen LogP contribution in [0.4, 0.5) is 5.95 Å². The van der Waals surface area contributed by atoms with Crippen LogP contribution in [0.25, 0.3) is 10.8 Å². The van der Waals surface area contributed by atoms with Crippen LogP contribution in [0.3, 0.4) is 0 Å². The first-order chi connectivity index (χ1) is 13.0. The highest BCUT2D eigenvalue weighted by molar-refractivity contribution is 7.92. The third kappa shape index (κ3) is 3.94. The molecule has 0 saturated carbocycles. The number of rotatable bonds is 5. The summed E-state index contributed by atoms with van der Waals surface area (Å²) >= 11 is 5.98. The highest BCUT2D eigenvalue weighted by Gasteiger charge is 2.17. The average molecular weight is 399 g/mol. The van der Waals surface area contributed by atoms with Crippen LogP contribution in [0.1, 0.15) is 5.56 Å². The Kier molecular flexibility index (Phi) is 4.55. The van der Waals surface area contributed by atoms with Crippen LogP contribution in [0.2, 0.25) is 5.02 Å². The summed E-state index contributed by atoms with van der Waals surface area (Å²) in [5.41, 5.74) is 0.941. The number of halogens is 1. The SMILES string of the molecule is O=S(=O)(Nc1ncn(Cc2cccc(Cl)c2)n1)c1ccc2ccccc2c1. The van der Waals surface area contributed by atoms with Crippen LogP contribution < -0.4 is 4.72 Å². The maximum absolute atomic E-state index is 12.6. The highest BCUT2D eigenvalue weighted by Crippen LogP contribution is 2.20. The van der Waals surface area contributed by atoms with Gasteiger partial charge in [-0.3, -0.25) is 0 Å². The third-order valence-corrected chi connectivity index (χ3v) is 5.59. The Bertz CT molecular complexity index is 1220. The van der Waals surface area contributed by atoms with Crippen molar-refractivity contribution in [1.29, 1.82) is 0 Å². The number of hydrogen-bond acceptors (Lipinski definition) is 4. The molecule has 0 atom stereocenters. The number of aromatic nitrogens is 3. The minimum atomic E-state index is -3.78. The molecule has 3 aromatic carbocycles. The molecule has 8 heteroatoms. The number of hydrogen-bond donors (Lipinski definition) is 1. The van der Waals surface area contributed by atoms with Gasteiger partial charge in [-0.2, -0.15) is 4.98 Å². The summed E-state index contributed by atoms with van der Waals surface area (Å²) < 4.78 is 29.2. The molecule has 6 nitrogen and oxygen atoms in total. The molecule has 0 aliphatic rings. The second-order valence-corrected chi connectivity index (χ2v) is 8.13. The van der Waals surface area contributed by atoms with Gasteiger partial charge in [0, 0.05) is 5.02 Å². The molecule has 0 aliphatic carbocycles. The highest BCUT2D eigenvalue weighted by atomic mass is 35.5. The molecule has 4 rings (SSSR count). The normalized spacial score (nSPS) is 11.6. The van der Waals surface area contributed by atoms with E-state index in [1.165, 1.54) is 6.33 Å². The average Bonchev–Trinajstić information content (AvgIpc) is 3.07. The van der Waals surface area contributed by atoms with Gasteiger partial charge in [0.15, 0.2) is 0 Å². The van der Waals surface area contributed by atoms with Crippen molar-refractivity contribution < 1.29 is 8.42 Å². The van der Waals surface area contributed by atoms with Gasteiger partial charge in [-0.05, 0) is 40.6 Å². The molecule has 1 N–H and O–H groups in total. The number of anilines is 1. The zero-order valence-electron chi connectivity index (χ0n) is 14.1. The largest absolute Gasteiger partial charge is 0.264 e. The molecule has 0 bridgehead atoms. The Labute approximate surface area is 161 Å². The van der Waals surface area contributed by atoms with Gasteiger partial charge in [-0.15, -0.1) is 5.10 Å². The van der Waals surface area contributed by atoms with Gasteiger partial charge in [0.25, 0.3) is 16.0 Å². The zero-order valence-corrected chi connectivity index (χ0v) is 15.7. The van der Waals surface area contributed by atoms with Gasteiger partial charge >= 0.3 is 0 Å². The molecule has 0 spiro atoms. The molecule has 0 saturated heterocycles. The lowest BCUT2D eigenvalue weighted by molar-refractivity contribution is 0.600. The Balaban J connectivity index is 1.55. The van der Waals surface area contributed by atoms with Crippen LogP contribution in [0.5, 0.6) is 0 Å². The summed E-state index contributed by atoms with van der Waals surface area (Å²) in [6.45, 7) is 0.436. The van der Waals surface area contributed by atoms with Crippen LogP contribution in [0.15, 0.2) is 78.0 Å². The topological polar surface area (TPSA) is 76.9 Å². The first-order valence-corrected chi connectivity index (χ1v) is 10.0. The van der Waals surface area contributed by atoms with E-state index >= 15 is 0 Å². The van der Waals surface area contributed by atoms with Crippen molar-refractivity contribution in [1.82, 2.24) is 14.8 Å². The number of fused-ring (bicyclic) bond motifs is 1. The molecule has 0 fully saturated rings. The van der Waals surface area contributed by atoms with Crippen LogP contribution in [0, 0.1) is 0 Å². The van der Waals surface area contributed by atoms with Gasteiger partial charge in [-0.1, -0.05) is 54.1 Å². The van der Waals surface area contributed by atoms with E-state index < -0.39 is 10.0 Å². The van der Waals surface area contributed by atoms with Crippen molar-refractivity contribution >= 4 is 38.3 Å². The number of sulfonamides is 1. The molecular weight excluding hydrogens is 384 g/mol. The molecular formula is C19H15ClN4O2S. The predicted molar refractivity (Wildman–Crippen MR) is 105 cm³/mol. The summed E-state index contributed by atoms with van der Waals surface area (Å²) in [5.74, 6) is 0.0187. The molecule has 1 heterocycles. The smallest absolute Gasteiger partial charge is 0.246 e. The van der Waals surface area contributed by atoms with E-state index in [4.69, 9.17) is 11.6 Å². The summed E-state index contributed by atoms with van der Waals surface area (Å²) in [6.07, 6.45) is 1.47. The van der Waals surface area contributed by atoms with Gasteiger partial charge in [-0.25, -0.2) is 17.8 Å². The molecule has 0 radical (unpaired) electrons. The summed E-state index contributed by atoms with van der Waals surface area (Å²) in [6, 6.07) is 19.9. The van der Waals surface area contributed by atoms with Crippen LogP contribution in [-0.4, -0.2) is 23.2 Å². The minimum Gasteiger partial charge on any atom is -0.246 e. The summed E-state index contributed by atoms with van der Waals surface area (Å²) in [7, 11) is -3.78. The first kappa shape index (κ1) is 17.5. The Morgan fingerprint density at radius 2 is 1.78 bits per heavy atom. The Morgan fingerprint density at radius 3 is 2.59 bits per heavy atom. The molecule has 0 amide bonds. The fraction of sp³-hybridized carbons (Fsp3) is 0.0526. The monoisotopic (exact) mass is 398 g/mol. The van der Waals surface area contributed by atoms with Crippen LogP contribution >= 0.6 is 11.6 Å². The van der Waals surface area contributed by atoms with E-state index in [0.29, 0.717) is 11.6 Å². The van der Waals surface area contributed by atoms with Crippen molar-refractivity contribution in [3.8, 4) is 0 Å². The van der Waals surface area contributed by atoms with E-state index in [1.807, 2.05) is 42.5 Å². The lowest BCUT2D eigenvalue weighted by Crippen LogP contribution is -2.14. The van der Waals surface area contributed by atoms with Gasteiger partial charge < -0.3 is 0 Å². The Morgan fingerprint density at radius 1 is 0.963 bits per heavy atom. The summed E-state index contributed by atoms with van der Waals surface area (Å²) in [5, 5.41) is 6.63. The minimum absolute atomic E-state index is 0.0187. The molecule has 0 unspecified atom stereocenters. The van der Waals surface area contributed by atoms with Gasteiger partial charge in [0.1, 0.15) is 6.33 Å². The predicted octanol–water partition coefficient (Wildman–Crippen LogP) is 3.93. The molecule has 136 valence electrons. The molecule has 0 aliphatic heterocycles. The van der Waals surface area contributed by atoms with E-state index in [2.05, 4.69) is 14.8 Å². The number of nitrogens with one attached hydrogen (secondary N) is 1. The molecule has 27 heavy (non-hydrogen) atoms. The van der Waals surface area contributed by atoms with E-state index in [9.17, 15) is 8.42 Å². The van der Waals surface area contributed by atoms with E-state index in [1.54, 1.807) is 28.9 Å². The third-order valence-electron chi connectivity index (χ3n) is 4.03. The zero-order chi connectivity index (χ0) is 18.9. The van der Waals surface area contributed by atoms with E-state index in [0.717, 1.165) is 16.3 Å².